The highest BCUT2D eigenvalue weighted by Crippen LogP contribution is 2.42. The topological polar surface area (TPSA) is 89.2 Å². The molecular formula is C22H17NO6S. The van der Waals surface area contributed by atoms with Crippen LogP contribution in [0.4, 0.5) is 0 Å². The minimum Gasteiger partial charge on any atom is -0.507 e. The molecule has 1 saturated heterocycles. The molecule has 0 spiro atoms. The van der Waals surface area contributed by atoms with E-state index in [0.717, 1.165) is 4.88 Å². The molecule has 0 aliphatic carbocycles. The normalized spacial score (nSPS) is 20.0. The van der Waals surface area contributed by atoms with Gasteiger partial charge in [-0.15, -0.1) is 11.3 Å². The Kier molecular flexibility index (Phi) is 4.55. The maximum Gasteiger partial charge on any atom is 0.296 e. The summed E-state index contributed by atoms with van der Waals surface area (Å²) in [6.45, 7) is 1.09. The zero-order valence-electron chi connectivity index (χ0n) is 15.7. The van der Waals surface area contributed by atoms with Crippen LogP contribution in [-0.2, 0) is 16.1 Å². The molecule has 0 bridgehead atoms. The summed E-state index contributed by atoms with van der Waals surface area (Å²) in [6.07, 6.45) is 1.48. The van der Waals surface area contributed by atoms with E-state index in [0.29, 0.717) is 36.0 Å². The highest BCUT2D eigenvalue weighted by atomic mass is 32.1. The first kappa shape index (κ1) is 18.5. The van der Waals surface area contributed by atoms with Crippen molar-refractivity contribution in [1.82, 2.24) is 4.90 Å². The molecule has 3 aromatic rings. The van der Waals surface area contributed by atoms with Crippen molar-refractivity contribution < 1.29 is 28.6 Å². The smallest absolute Gasteiger partial charge is 0.296 e. The number of ether oxygens (including phenoxy) is 2. The van der Waals surface area contributed by atoms with Gasteiger partial charge in [0.1, 0.15) is 30.8 Å². The van der Waals surface area contributed by atoms with Gasteiger partial charge in [0.2, 0.25) is 0 Å². The molecule has 8 heteroatoms. The van der Waals surface area contributed by atoms with Gasteiger partial charge in [0.25, 0.3) is 11.7 Å². The molecule has 4 heterocycles. The molecule has 0 saturated carbocycles. The van der Waals surface area contributed by atoms with Crippen LogP contribution < -0.4 is 9.47 Å². The van der Waals surface area contributed by atoms with Gasteiger partial charge in [0.15, 0.2) is 11.5 Å². The summed E-state index contributed by atoms with van der Waals surface area (Å²) < 4.78 is 16.6. The van der Waals surface area contributed by atoms with E-state index in [-0.39, 0.29) is 17.9 Å². The van der Waals surface area contributed by atoms with E-state index in [4.69, 9.17) is 13.9 Å². The Morgan fingerprint density at radius 1 is 1.10 bits per heavy atom. The van der Waals surface area contributed by atoms with Crippen molar-refractivity contribution in [3.63, 3.8) is 0 Å². The number of Topliss-reactive ketones (excluding diaryl/α,β-unsaturated/α-hetero) is 1. The second kappa shape index (κ2) is 7.38. The number of thiophene rings is 1. The lowest BCUT2D eigenvalue weighted by atomic mass is 9.99. The van der Waals surface area contributed by atoms with Crippen molar-refractivity contribution in [3.8, 4) is 11.5 Å². The Labute approximate surface area is 175 Å². The number of hydrogen-bond donors (Lipinski definition) is 1. The molecule has 1 fully saturated rings. The molecule has 5 rings (SSSR count). The number of furan rings is 1. The fourth-order valence-electron chi connectivity index (χ4n) is 3.70. The number of aliphatic hydroxyl groups excluding tert-OH is 1. The fourth-order valence-corrected chi connectivity index (χ4v) is 4.41. The van der Waals surface area contributed by atoms with Crippen LogP contribution >= 0.6 is 11.3 Å². The van der Waals surface area contributed by atoms with Gasteiger partial charge in [-0.25, -0.2) is 0 Å². The summed E-state index contributed by atoms with van der Waals surface area (Å²) in [5, 5.41) is 13.0. The van der Waals surface area contributed by atoms with E-state index in [1.54, 1.807) is 30.3 Å². The van der Waals surface area contributed by atoms with Crippen LogP contribution in [0.2, 0.25) is 0 Å². The van der Waals surface area contributed by atoms with Crippen LogP contribution in [-0.4, -0.2) is 34.9 Å². The Morgan fingerprint density at radius 3 is 2.67 bits per heavy atom. The average molecular weight is 423 g/mol. The number of benzene rings is 1. The summed E-state index contributed by atoms with van der Waals surface area (Å²) in [5.74, 6) is -0.249. The van der Waals surface area contributed by atoms with Crippen LogP contribution in [0.1, 0.15) is 22.2 Å². The first-order chi connectivity index (χ1) is 14.6. The van der Waals surface area contributed by atoms with Crippen molar-refractivity contribution in [2.45, 2.75) is 12.6 Å². The lowest BCUT2D eigenvalue weighted by Crippen LogP contribution is -2.28. The standard InChI is InChI=1S/C22H17NO6S/c24-20(13-5-6-15-17(11-13)29-9-8-28-15)18-19(16-4-1-7-27-16)23(22(26)21(18)25)12-14-3-2-10-30-14/h1-7,10-11,19,24H,8-9,12H2/b20-18+. The van der Waals surface area contributed by atoms with Crippen LogP contribution in [0, 0.1) is 0 Å². The molecule has 1 amide bonds. The van der Waals surface area contributed by atoms with Gasteiger partial charge in [-0.1, -0.05) is 6.07 Å². The van der Waals surface area contributed by atoms with Gasteiger partial charge in [-0.2, -0.15) is 0 Å². The number of nitrogens with zero attached hydrogens (tertiary/aromatic N) is 1. The van der Waals surface area contributed by atoms with Crippen LogP contribution in [0.25, 0.3) is 5.76 Å². The summed E-state index contributed by atoms with van der Waals surface area (Å²) in [5.41, 5.74) is 0.355. The SMILES string of the molecule is O=C1C(=O)N(Cc2cccs2)C(c2ccco2)/C1=C(\O)c1ccc2c(c1)OCCO2. The average Bonchev–Trinajstić information content (AvgIpc) is 3.52. The van der Waals surface area contributed by atoms with E-state index in [1.165, 1.54) is 22.5 Å². The third-order valence-electron chi connectivity index (χ3n) is 5.07. The van der Waals surface area contributed by atoms with E-state index in [2.05, 4.69) is 0 Å². The first-order valence-corrected chi connectivity index (χ1v) is 10.3. The molecule has 7 nitrogen and oxygen atoms in total. The number of hydrogen-bond acceptors (Lipinski definition) is 7. The van der Waals surface area contributed by atoms with Crippen molar-refractivity contribution in [1.29, 1.82) is 0 Å². The Balaban J connectivity index is 1.61. The van der Waals surface area contributed by atoms with Gasteiger partial charge < -0.3 is 23.9 Å². The molecule has 2 aliphatic rings. The zero-order chi connectivity index (χ0) is 20.7. The van der Waals surface area contributed by atoms with Crippen LogP contribution in [0.5, 0.6) is 11.5 Å². The zero-order valence-corrected chi connectivity index (χ0v) is 16.6. The van der Waals surface area contributed by atoms with Gasteiger partial charge in [-0.05, 0) is 41.8 Å². The van der Waals surface area contributed by atoms with Crippen molar-refractivity contribution in [2.75, 3.05) is 13.2 Å². The molecule has 1 N–H and O–H groups in total. The predicted molar refractivity (Wildman–Crippen MR) is 108 cm³/mol. The summed E-state index contributed by atoms with van der Waals surface area (Å²) >= 11 is 1.49. The monoisotopic (exact) mass is 423 g/mol. The third-order valence-corrected chi connectivity index (χ3v) is 5.94. The summed E-state index contributed by atoms with van der Waals surface area (Å²) in [4.78, 5) is 28.2. The van der Waals surface area contributed by atoms with Gasteiger partial charge >= 0.3 is 0 Å². The molecule has 2 aliphatic heterocycles. The number of likely N-dealkylation sites (tertiary alicyclic amines) is 1. The van der Waals surface area contributed by atoms with E-state index in [1.807, 2.05) is 17.5 Å². The molecule has 1 unspecified atom stereocenters. The molecular weight excluding hydrogens is 406 g/mol. The summed E-state index contributed by atoms with van der Waals surface area (Å²) in [6, 6.07) is 11.2. The van der Waals surface area contributed by atoms with E-state index >= 15 is 0 Å². The number of aliphatic hydroxyl groups is 1. The first-order valence-electron chi connectivity index (χ1n) is 9.37. The largest absolute Gasteiger partial charge is 0.507 e. The molecule has 30 heavy (non-hydrogen) atoms. The van der Waals surface area contributed by atoms with Gasteiger partial charge in [0, 0.05) is 10.4 Å². The second-order valence-corrected chi connectivity index (χ2v) is 7.91. The molecule has 2 aromatic heterocycles. The highest BCUT2D eigenvalue weighted by Gasteiger charge is 2.47. The van der Waals surface area contributed by atoms with Crippen molar-refractivity contribution in [2.24, 2.45) is 0 Å². The third kappa shape index (κ3) is 3.05. The summed E-state index contributed by atoms with van der Waals surface area (Å²) in [7, 11) is 0. The predicted octanol–water partition coefficient (Wildman–Crippen LogP) is 3.73. The fraction of sp³-hybridized carbons (Fsp3) is 0.182. The number of carbonyl (C=O) groups is 2. The molecule has 152 valence electrons. The highest BCUT2D eigenvalue weighted by molar-refractivity contribution is 7.09. The number of amides is 1. The number of carbonyl (C=O) groups excluding carboxylic acids is 2. The second-order valence-electron chi connectivity index (χ2n) is 6.88. The Morgan fingerprint density at radius 2 is 1.93 bits per heavy atom. The number of rotatable bonds is 4. The minimum atomic E-state index is -0.824. The molecule has 1 aromatic carbocycles. The number of fused-ring (bicyclic) bond motifs is 1. The number of ketones is 1. The maximum atomic E-state index is 13.0. The lowest BCUT2D eigenvalue weighted by molar-refractivity contribution is -0.140. The Hall–Kier alpha value is -3.52. The van der Waals surface area contributed by atoms with Crippen LogP contribution in [0.3, 0.4) is 0 Å². The quantitative estimate of drug-likeness (QED) is 0.391. The minimum absolute atomic E-state index is 0.0109. The van der Waals surface area contributed by atoms with E-state index in [9.17, 15) is 14.7 Å². The van der Waals surface area contributed by atoms with Gasteiger partial charge in [0.05, 0.1) is 18.4 Å². The van der Waals surface area contributed by atoms with Gasteiger partial charge in [-0.3, -0.25) is 9.59 Å². The van der Waals surface area contributed by atoms with Crippen LogP contribution in [0.15, 0.2) is 64.1 Å². The molecule has 1 atom stereocenters. The molecule has 0 radical (unpaired) electrons. The Bertz CT molecular complexity index is 1130. The van der Waals surface area contributed by atoms with Crippen molar-refractivity contribution >= 4 is 28.8 Å². The lowest BCUT2D eigenvalue weighted by Gasteiger charge is -2.23. The van der Waals surface area contributed by atoms with E-state index < -0.39 is 17.7 Å². The maximum absolute atomic E-state index is 13.0. The van der Waals surface area contributed by atoms with Crippen molar-refractivity contribution in [3.05, 3.63) is 75.9 Å².